The number of hydrogen-bond donors (Lipinski definition) is 0. The van der Waals surface area contributed by atoms with E-state index in [0.29, 0.717) is 0 Å². The van der Waals surface area contributed by atoms with Gasteiger partial charge in [-0.25, -0.2) is 0 Å². The van der Waals surface area contributed by atoms with Crippen LogP contribution in [0.4, 0.5) is 0 Å². The zero-order valence-corrected chi connectivity index (χ0v) is 9.95. The average molecular weight is 249 g/mol. The van der Waals surface area contributed by atoms with Gasteiger partial charge in [0.05, 0.1) is 0 Å². The minimum absolute atomic E-state index is 0.873. The molecule has 0 aromatic heterocycles. The summed E-state index contributed by atoms with van der Waals surface area (Å²) in [5.41, 5.74) is 2.55. The second kappa shape index (κ2) is 1.94. The molecule has 0 aliphatic carbocycles. The predicted molar refractivity (Wildman–Crippen MR) is 48.7 cm³/mol. The first kappa shape index (κ1) is 5.94. The molecule has 11 heavy (non-hydrogen) atoms. The van der Waals surface area contributed by atoms with E-state index >= 15 is 0 Å². The summed E-state index contributed by atoms with van der Waals surface area (Å²) in [7, 11) is 0. The van der Waals surface area contributed by atoms with Crippen LogP contribution in [0.15, 0.2) is 43.2 Å². The quantitative estimate of drug-likeness (QED) is 0.552. The van der Waals surface area contributed by atoms with Crippen LogP contribution in [0.2, 0.25) is 0 Å². The van der Waals surface area contributed by atoms with Crippen molar-refractivity contribution < 1.29 is 0 Å². The Morgan fingerprint density at radius 3 is 3.36 bits per heavy atom. The number of aliphatic imine (C=N–C) groups is 2. The van der Waals surface area contributed by atoms with E-state index in [-0.39, 0.29) is 0 Å². The first-order valence-corrected chi connectivity index (χ1v) is 7.70. The molecule has 0 atom stereocenters. The van der Waals surface area contributed by atoms with Crippen molar-refractivity contribution in [3.63, 3.8) is 0 Å². The molecule has 0 radical (unpaired) electrons. The first-order valence-electron chi connectivity index (χ1n) is 3.66. The van der Waals surface area contributed by atoms with Gasteiger partial charge in [0, 0.05) is 0 Å². The van der Waals surface area contributed by atoms with Gasteiger partial charge in [0.25, 0.3) is 0 Å². The van der Waals surface area contributed by atoms with Gasteiger partial charge in [-0.05, 0) is 0 Å². The fourth-order valence-electron chi connectivity index (χ4n) is 1.65. The van der Waals surface area contributed by atoms with Crippen molar-refractivity contribution in [2.24, 2.45) is 9.98 Å². The van der Waals surface area contributed by atoms with Gasteiger partial charge in [-0.15, -0.1) is 0 Å². The van der Waals surface area contributed by atoms with Crippen LogP contribution in [0.3, 0.4) is 0 Å². The van der Waals surface area contributed by atoms with E-state index in [9.17, 15) is 0 Å². The summed E-state index contributed by atoms with van der Waals surface area (Å²) in [6.07, 6.45) is 8.06. The molecule has 0 bridgehead atoms. The van der Waals surface area contributed by atoms with Gasteiger partial charge in [0.2, 0.25) is 0 Å². The Balaban J connectivity index is 2.32. The van der Waals surface area contributed by atoms with E-state index in [4.69, 9.17) is 0 Å². The molecule has 3 aliphatic rings. The predicted octanol–water partition coefficient (Wildman–Crippen LogP) is 0.317. The van der Waals surface area contributed by atoms with Crippen LogP contribution in [-0.2, 0) is 0 Å². The van der Waals surface area contributed by atoms with Gasteiger partial charge < -0.3 is 0 Å². The molecule has 0 saturated carbocycles. The number of allylic oxidation sites excluding steroid dienone is 4. The van der Waals surface area contributed by atoms with Crippen molar-refractivity contribution in [2.75, 3.05) is 0 Å². The van der Waals surface area contributed by atoms with Crippen molar-refractivity contribution in [3.8, 4) is 0 Å². The molecule has 0 fully saturated rings. The Hall–Kier alpha value is -0.641. The van der Waals surface area contributed by atoms with E-state index in [2.05, 4.69) is 22.1 Å². The van der Waals surface area contributed by atoms with Crippen LogP contribution < -0.4 is 0 Å². The number of rotatable bonds is 0. The van der Waals surface area contributed by atoms with Crippen molar-refractivity contribution >= 4 is 31.1 Å². The zero-order chi connectivity index (χ0) is 7.26. The average Bonchev–Trinajstić information content (AvgIpc) is 2.52. The molecule has 2 nitrogen and oxygen atoms in total. The molecule has 0 aromatic carbocycles. The Kier molecular flexibility index (Phi) is 1.05. The van der Waals surface area contributed by atoms with Gasteiger partial charge in [-0.3, -0.25) is 0 Å². The van der Waals surface area contributed by atoms with Crippen LogP contribution in [0.5, 0.6) is 0 Å². The third kappa shape index (κ3) is 0.677. The summed E-state index contributed by atoms with van der Waals surface area (Å²) in [6, 6.07) is 0. The molecule has 0 unspecified atom stereocenters. The maximum atomic E-state index is 4.34. The summed E-state index contributed by atoms with van der Waals surface area (Å²) in [6.45, 7) is 0. The monoisotopic (exact) mass is 250 g/mol. The summed E-state index contributed by atoms with van der Waals surface area (Å²) in [4.78, 5) is 8.66. The Labute approximate surface area is 74.3 Å². The number of fused-ring (bicyclic) bond motifs is 2. The second-order valence-electron chi connectivity index (χ2n) is 2.80. The van der Waals surface area contributed by atoms with Gasteiger partial charge in [0.1, 0.15) is 0 Å². The van der Waals surface area contributed by atoms with Crippen molar-refractivity contribution in [2.45, 2.75) is 0 Å². The molecule has 0 N–H and O–H groups in total. The molecule has 0 saturated heterocycles. The van der Waals surface area contributed by atoms with Gasteiger partial charge >= 0.3 is 74.3 Å². The molecule has 0 amide bonds. The minimum atomic E-state index is -0.873. The van der Waals surface area contributed by atoms with Crippen LogP contribution in [0.25, 0.3) is 0 Å². The van der Waals surface area contributed by atoms with Gasteiger partial charge in [0.15, 0.2) is 0 Å². The molecule has 0 spiro atoms. The molecule has 0 aromatic rings. The summed E-state index contributed by atoms with van der Waals surface area (Å²) in [5.74, 6) is 0. The zero-order valence-electron chi connectivity index (χ0n) is 5.91. The first-order chi connectivity index (χ1) is 5.45. The number of nitrogens with zero attached hydrogens (tertiary/aromatic N) is 2. The molecule has 52 valence electrons. The van der Waals surface area contributed by atoms with E-state index in [1.54, 1.807) is 0 Å². The van der Waals surface area contributed by atoms with E-state index in [1.807, 2.05) is 12.4 Å². The standard InChI is InChI=1S/C8H4N2.Sn.2H/c1-2-8(10-4-1)7-3-5-9-6-7;;;/h1,3-5H;;;. The summed E-state index contributed by atoms with van der Waals surface area (Å²) in [5, 5.41) is 0. The van der Waals surface area contributed by atoms with Crippen LogP contribution in [-0.4, -0.2) is 31.1 Å². The molecular formula is C8H6N2Sn. The Morgan fingerprint density at radius 1 is 1.36 bits per heavy atom. The van der Waals surface area contributed by atoms with E-state index in [0.717, 1.165) is 0 Å². The van der Waals surface area contributed by atoms with Crippen LogP contribution >= 0.6 is 0 Å². The topological polar surface area (TPSA) is 24.7 Å². The molecule has 3 heteroatoms. The Morgan fingerprint density at radius 2 is 2.36 bits per heavy atom. The molecule has 3 heterocycles. The summed E-state index contributed by atoms with van der Waals surface area (Å²) >= 11 is -0.873. The second-order valence-corrected chi connectivity index (χ2v) is 7.90. The fourth-order valence-corrected chi connectivity index (χ4v) is 6.52. The molecule has 3 aliphatic heterocycles. The van der Waals surface area contributed by atoms with Crippen LogP contribution in [0.1, 0.15) is 0 Å². The van der Waals surface area contributed by atoms with Gasteiger partial charge in [-0.1, -0.05) is 0 Å². The number of hydrogen-bond acceptors (Lipinski definition) is 2. The van der Waals surface area contributed by atoms with E-state index in [1.165, 1.54) is 18.6 Å². The van der Waals surface area contributed by atoms with E-state index < -0.39 is 21.1 Å². The fraction of sp³-hybridized carbons (Fsp3) is 0. The van der Waals surface area contributed by atoms with Crippen molar-refractivity contribution in [1.29, 1.82) is 0 Å². The molecular weight excluding hydrogens is 243 g/mol. The SMILES string of the molecule is C1=CC2=C3N=CC=[C]3[SnH2][C]2=N1. The normalized spacial score (nSPS) is 26.2. The third-order valence-corrected chi connectivity index (χ3v) is 7.46. The van der Waals surface area contributed by atoms with Crippen molar-refractivity contribution in [3.05, 3.63) is 33.2 Å². The molecule has 3 rings (SSSR count). The van der Waals surface area contributed by atoms with Crippen molar-refractivity contribution in [1.82, 2.24) is 0 Å². The van der Waals surface area contributed by atoms with Crippen LogP contribution in [0, 0.1) is 0 Å². The summed E-state index contributed by atoms with van der Waals surface area (Å²) < 4.78 is 2.93. The maximum absolute atomic E-state index is 4.34. The third-order valence-electron chi connectivity index (χ3n) is 2.18. The Bertz CT molecular complexity index is 347. The van der Waals surface area contributed by atoms with Gasteiger partial charge in [-0.2, -0.15) is 0 Å².